The van der Waals surface area contributed by atoms with Crippen molar-refractivity contribution < 1.29 is 4.79 Å². The van der Waals surface area contributed by atoms with Gasteiger partial charge in [0.1, 0.15) is 5.82 Å². The average molecular weight is 346 g/mol. The Morgan fingerprint density at radius 3 is 2.77 bits per heavy atom. The molecule has 0 bridgehead atoms. The molecule has 4 aromatic rings. The molecule has 0 radical (unpaired) electrons. The highest BCUT2D eigenvalue weighted by Gasteiger charge is 2.10. The topological polar surface area (TPSA) is 88.5 Å². The van der Waals surface area contributed by atoms with Gasteiger partial charge in [-0.1, -0.05) is 0 Å². The van der Waals surface area contributed by atoms with Gasteiger partial charge in [-0.3, -0.25) is 14.5 Å². The minimum Gasteiger partial charge on any atom is -0.354 e. The van der Waals surface area contributed by atoms with Gasteiger partial charge in [0.15, 0.2) is 0 Å². The van der Waals surface area contributed by atoms with Crippen LogP contribution in [0.1, 0.15) is 11.4 Å². The number of amides is 1. The van der Waals surface area contributed by atoms with E-state index >= 15 is 0 Å². The van der Waals surface area contributed by atoms with Crippen molar-refractivity contribution in [1.82, 2.24) is 24.7 Å². The summed E-state index contributed by atoms with van der Waals surface area (Å²) >= 11 is 0. The van der Waals surface area contributed by atoms with E-state index in [0.717, 1.165) is 33.5 Å². The van der Waals surface area contributed by atoms with Crippen molar-refractivity contribution in [2.24, 2.45) is 7.05 Å². The third-order valence-electron chi connectivity index (χ3n) is 4.27. The Bertz CT molecular complexity index is 1060. The van der Waals surface area contributed by atoms with Crippen LogP contribution >= 0.6 is 0 Å². The maximum absolute atomic E-state index is 12.2. The molecule has 0 fully saturated rings. The average Bonchev–Trinajstić information content (AvgIpc) is 3.18. The van der Waals surface area contributed by atoms with E-state index in [9.17, 15) is 4.79 Å². The summed E-state index contributed by atoms with van der Waals surface area (Å²) in [5.74, 6) is 0.370. The number of nitrogens with one attached hydrogen (secondary N) is 2. The highest BCUT2D eigenvalue weighted by molar-refractivity contribution is 5.94. The van der Waals surface area contributed by atoms with Gasteiger partial charge in [-0.2, -0.15) is 5.10 Å². The Balaban J connectivity index is 1.52. The van der Waals surface area contributed by atoms with Crippen LogP contribution in [-0.4, -0.2) is 30.6 Å². The summed E-state index contributed by atoms with van der Waals surface area (Å²) in [7, 11) is 1.86. The number of fused-ring (bicyclic) bond motifs is 1. The summed E-state index contributed by atoms with van der Waals surface area (Å²) < 4.78 is 1.76. The molecule has 0 aliphatic heterocycles. The van der Waals surface area contributed by atoms with Crippen molar-refractivity contribution in [3.05, 3.63) is 60.3 Å². The maximum atomic E-state index is 12.2. The summed E-state index contributed by atoms with van der Waals surface area (Å²) in [4.78, 5) is 24.0. The Kier molecular flexibility index (Phi) is 3.96. The van der Waals surface area contributed by atoms with Crippen molar-refractivity contribution in [2.45, 2.75) is 13.3 Å². The summed E-state index contributed by atoms with van der Waals surface area (Å²) in [6.45, 7) is 1.95. The zero-order chi connectivity index (χ0) is 18.1. The first-order chi connectivity index (χ1) is 12.6. The lowest BCUT2D eigenvalue weighted by Gasteiger charge is -2.03. The second-order valence-corrected chi connectivity index (χ2v) is 6.20. The van der Waals surface area contributed by atoms with Crippen LogP contribution in [0.5, 0.6) is 0 Å². The number of anilines is 1. The smallest absolute Gasteiger partial charge is 0.231 e. The van der Waals surface area contributed by atoms with Gasteiger partial charge in [0.2, 0.25) is 5.91 Å². The van der Waals surface area contributed by atoms with Crippen molar-refractivity contribution >= 4 is 22.6 Å². The van der Waals surface area contributed by atoms with E-state index < -0.39 is 0 Å². The summed E-state index contributed by atoms with van der Waals surface area (Å²) in [6, 6.07) is 9.65. The largest absolute Gasteiger partial charge is 0.354 e. The Labute approximate surface area is 150 Å². The van der Waals surface area contributed by atoms with Crippen LogP contribution in [0.3, 0.4) is 0 Å². The molecule has 0 saturated carbocycles. The molecule has 130 valence electrons. The van der Waals surface area contributed by atoms with E-state index in [4.69, 9.17) is 0 Å². The second kappa shape index (κ2) is 6.44. The quantitative estimate of drug-likeness (QED) is 0.595. The third kappa shape index (κ3) is 3.19. The molecule has 0 atom stereocenters. The minimum atomic E-state index is -0.143. The highest BCUT2D eigenvalue weighted by Crippen LogP contribution is 2.24. The van der Waals surface area contributed by atoms with Crippen LogP contribution in [0.15, 0.2) is 48.9 Å². The Morgan fingerprint density at radius 2 is 2.04 bits per heavy atom. The number of H-pyrrole nitrogens is 1. The first-order valence-electron chi connectivity index (χ1n) is 8.27. The standard InChI is InChI=1S/C19H18N6O/c1-12-7-15(24-25(12)2)9-19(26)23-18-10-17-14(11-21-18)8-16(22-17)13-3-5-20-6-4-13/h3-8,10-11,22H,9H2,1-2H3,(H,21,23,26). The van der Waals surface area contributed by atoms with Crippen LogP contribution in [0, 0.1) is 6.92 Å². The van der Waals surface area contributed by atoms with Crippen molar-refractivity contribution in [2.75, 3.05) is 5.32 Å². The molecule has 4 rings (SSSR count). The lowest BCUT2D eigenvalue weighted by molar-refractivity contribution is -0.115. The predicted octanol–water partition coefficient (Wildman–Crippen LogP) is 2.85. The van der Waals surface area contributed by atoms with Crippen molar-refractivity contribution in [3.63, 3.8) is 0 Å². The molecular weight excluding hydrogens is 328 g/mol. The number of hydrogen-bond acceptors (Lipinski definition) is 4. The van der Waals surface area contributed by atoms with E-state index in [1.54, 1.807) is 23.3 Å². The lowest BCUT2D eigenvalue weighted by Crippen LogP contribution is -2.15. The first-order valence-corrected chi connectivity index (χ1v) is 8.27. The molecule has 0 aliphatic carbocycles. The molecule has 4 aromatic heterocycles. The fourth-order valence-corrected chi connectivity index (χ4v) is 2.85. The van der Waals surface area contributed by atoms with Crippen LogP contribution in [0.2, 0.25) is 0 Å². The SMILES string of the molecule is Cc1cc(CC(=O)Nc2cc3[nH]c(-c4ccncc4)cc3cn2)nn1C. The Hall–Kier alpha value is -3.48. The van der Waals surface area contributed by atoms with Gasteiger partial charge in [0.05, 0.1) is 17.6 Å². The van der Waals surface area contributed by atoms with Gasteiger partial charge in [0, 0.05) is 54.0 Å². The fraction of sp³-hybridized carbons (Fsp3) is 0.158. The van der Waals surface area contributed by atoms with Gasteiger partial charge in [0.25, 0.3) is 0 Å². The second-order valence-electron chi connectivity index (χ2n) is 6.20. The van der Waals surface area contributed by atoms with Crippen LogP contribution < -0.4 is 5.32 Å². The molecule has 4 heterocycles. The number of aromatic amines is 1. The van der Waals surface area contributed by atoms with Crippen molar-refractivity contribution in [3.8, 4) is 11.3 Å². The number of aromatic nitrogens is 5. The van der Waals surface area contributed by atoms with Gasteiger partial charge in [-0.15, -0.1) is 0 Å². The maximum Gasteiger partial charge on any atom is 0.231 e. The zero-order valence-electron chi connectivity index (χ0n) is 14.5. The van der Waals surface area contributed by atoms with E-state index in [-0.39, 0.29) is 12.3 Å². The van der Waals surface area contributed by atoms with E-state index in [1.807, 2.05) is 44.3 Å². The molecular formula is C19H18N6O. The van der Waals surface area contributed by atoms with Crippen molar-refractivity contribution in [1.29, 1.82) is 0 Å². The van der Waals surface area contributed by atoms with Gasteiger partial charge < -0.3 is 10.3 Å². The fourth-order valence-electron chi connectivity index (χ4n) is 2.85. The monoisotopic (exact) mass is 346 g/mol. The third-order valence-corrected chi connectivity index (χ3v) is 4.27. The number of carbonyl (C=O) groups excluding carboxylic acids is 1. The molecule has 0 aromatic carbocycles. The van der Waals surface area contributed by atoms with Crippen LogP contribution in [0.25, 0.3) is 22.2 Å². The Morgan fingerprint density at radius 1 is 1.23 bits per heavy atom. The summed E-state index contributed by atoms with van der Waals surface area (Å²) in [5, 5.41) is 8.12. The normalized spacial score (nSPS) is 11.0. The predicted molar refractivity (Wildman–Crippen MR) is 99.6 cm³/mol. The van der Waals surface area contributed by atoms with E-state index in [1.165, 1.54) is 0 Å². The molecule has 0 spiro atoms. The molecule has 26 heavy (non-hydrogen) atoms. The van der Waals surface area contributed by atoms with E-state index in [0.29, 0.717) is 5.82 Å². The van der Waals surface area contributed by atoms with Gasteiger partial charge >= 0.3 is 0 Å². The van der Waals surface area contributed by atoms with Crippen LogP contribution in [-0.2, 0) is 18.3 Å². The molecule has 7 heteroatoms. The number of rotatable bonds is 4. The van der Waals surface area contributed by atoms with E-state index in [2.05, 4.69) is 25.4 Å². The summed E-state index contributed by atoms with van der Waals surface area (Å²) in [6.07, 6.45) is 5.47. The van der Waals surface area contributed by atoms with Gasteiger partial charge in [-0.05, 0) is 31.2 Å². The summed E-state index contributed by atoms with van der Waals surface area (Å²) in [5.41, 5.74) is 4.70. The number of hydrogen-bond donors (Lipinski definition) is 2. The number of aryl methyl sites for hydroxylation is 2. The highest BCUT2D eigenvalue weighted by atomic mass is 16.1. The molecule has 2 N–H and O–H groups in total. The van der Waals surface area contributed by atoms with Gasteiger partial charge in [-0.25, -0.2) is 4.98 Å². The lowest BCUT2D eigenvalue weighted by atomic mass is 10.2. The molecule has 0 aliphatic rings. The molecule has 1 amide bonds. The number of carbonyl (C=O) groups is 1. The van der Waals surface area contributed by atoms with Crippen LogP contribution in [0.4, 0.5) is 5.82 Å². The molecule has 7 nitrogen and oxygen atoms in total. The first kappa shape index (κ1) is 16.0. The zero-order valence-corrected chi connectivity index (χ0v) is 14.5. The molecule has 0 unspecified atom stereocenters. The number of pyridine rings is 2. The molecule has 0 saturated heterocycles. The minimum absolute atomic E-state index is 0.143. The number of nitrogens with zero attached hydrogens (tertiary/aromatic N) is 4.